The van der Waals surface area contributed by atoms with Crippen LogP contribution in [0.15, 0.2) is 36.4 Å². The molecule has 0 atom stereocenters. The third-order valence-electron chi connectivity index (χ3n) is 2.46. The molecule has 2 nitrogen and oxygen atoms in total. The van der Waals surface area contributed by atoms with Gasteiger partial charge in [0, 0.05) is 18.0 Å². The van der Waals surface area contributed by atoms with Gasteiger partial charge in [-0.1, -0.05) is 35.9 Å². The van der Waals surface area contributed by atoms with Gasteiger partial charge in [0.15, 0.2) is 0 Å². The van der Waals surface area contributed by atoms with Crippen LogP contribution in [-0.4, -0.2) is 5.11 Å². The number of thiophene rings is 1. The van der Waals surface area contributed by atoms with E-state index in [1.165, 1.54) is 10.4 Å². The predicted octanol–water partition coefficient (Wildman–Crippen LogP) is 3.18. The van der Waals surface area contributed by atoms with Crippen molar-refractivity contribution in [2.45, 2.75) is 19.7 Å². The van der Waals surface area contributed by atoms with Crippen molar-refractivity contribution in [3.63, 3.8) is 0 Å². The predicted molar refractivity (Wildman–Crippen MR) is 72.2 cm³/mol. The van der Waals surface area contributed by atoms with Gasteiger partial charge >= 0.3 is 0 Å². The first-order valence-electron chi connectivity index (χ1n) is 5.41. The van der Waals surface area contributed by atoms with Crippen LogP contribution >= 0.6 is 22.9 Å². The number of aliphatic hydroxyl groups excluding tert-OH is 1. The van der Waals surface area contributed by atoms with Crippen molar-refractivity contribution >= 4 is 22.9 Å². The van der Waals surface area contributed by atoms with Gasteiger partial charge in [0.25, 0.3) is 0 Å². The largest absolute Gasteiger partial charge is 0.392 e. The topological polar surface area (TPSA) is 32.3 Å². The third-order valence-corrected chi connectivity index (χ3v) is 3.69. The van der Waals surface area contributed by atoms with E-state index in [9.17, 15) is 0 Å². The van der Waals surface area contributed by atoms with Crippen LogP contribution in [0.3, 0.4) is 0 Å². The number of benzene rings is 1. The van der Waals surface area contributed by atoms with E-state index in [4.69, 9.17) is 16.7 Å². The molecular formula is C13H14ClNOS. The lowest BCUT2D eigenvalue weighted by atomic mass is 10.1. The van der Waals surface area contributed by atoms with Gasteiger partial charge in [-0.2, -0.15) is 0 Å². The fourth-order valence-electron chi connectivity index (χ4n) is 1.54. The lowest BCUT2D eigenvalue weighted by molar-refractivity contribution is 0.282. The number of nitrogens with one attached hydrogen (secondary N) is 1. The summed E-state index contributed by atoms with van der Waals surface area (Å²) < 4.78 is 0.828. The Balaban J connectivity index is 1.81. The van der Waals surface area contributed by atoms with Gasteiger partial charge in [-0.05, 0) is 23.3 Å². The zero-order valence-electron chi connectivity index (χ0n) is 9.32. The van der Waals surface area contributed by atoms with Crippen molar-refractivity contribution < 1.29 is 5.11 Å². The van der Waals surface area contributed by atoms with Crippen molar-refractivity contribution in [3.05, 3.63) is 56.7 Å². The second kappa shape index (κ2) is 6.17. The van der Waals surface area contributed by atoms with Crippen LogP contribution < -0.4 is 5.32 Å². The smallest absolute Gasteiger partial charge is 0.0931 e. The molecule has 0 saturated carbocycles. The minimum atomic E-state index is 0.0986. The van der Waals surface area contributed by atoms with E-state index in [1.54, 1.807) is 11.3 Å². The van der Waals surface area contributed by atoms with E-state index in [0.717, 1.165) is 23.0 Å². The zero-order chi connectivity index (χ0) is 12.1. The second-order valence-corrected chi connectivity index (χ2v) is 5.58. The Labute approximate surface area is 110 Å². The maximum Gasteiger partial charge on any atom is 0.0931 e. The highest BCUT2D eigenvalue weighted by Crippen LogP contribution is 2.21. The highest BCUT2D eigenvalue weighted by Gasteiger charge is 1.98. The summed E-state index contributed by atoms with van der Waals surface area (Å²) in [7, 11) is 0. The fraction of sp³-hybridized carbons (Fsp3) is 0.231. The highest BCUT2D eigenvalue weighted by molar-refractivity contribution is 7.16. The lowest BCUT2D eigenvalue weighted by Gasteiger charge is -2.04. The van der Waals surface area contributed by atoms with Gasteiger partial charge in [0.2, 0.25) is 0 Å². The van der Waals surface area contributed by atoms with Gasteiger partial charge < -0.3 is 10.4 Å². The molecule has 0 saturated heterocycles. The first-order chi connectivity index (χ1) is 8.28. The SMILES string of the molecule is OCc1ccc(CNCc2ccc(Cl)s2)cc1. The van der Waals surface area contributed by atoms with Crippen molar-refractivity contribution in [1.29, 1.82) is 0 Å². The van der Waals surface area contributed by atoms with E-state index in [1.807, 2.05) is 36.4 Å². The second-order valence-electron chi connectivity index (χ2n) is 3.78. The van der Waals surface area contributed by atoms with Gasteiger partial charge in [0.1, 0.15) is 0 Å². The summed E-state index contributed by atoms with van der Waals surface area (Å²) in [5.74, 6) is 0. The number of rotatable bonds is 5. The molecule has 2 aromatic rings. The summed E-state index contributed by atoms with van der Waals surface area (Å²) in [6.07, 6.45) is 0. The normalized spacial score (nSPS) is 10.7. The Morgan fingerprint density at radius 3 is 2.29 bits per heavy atom. The van der Waals surface area contributed by atoms with E-state index in [-0.39, 0.29) is 6.61 Å². The van der Waals surface area contributed by atoms with Gasteiger partial charge in [0.05, 0.1) is 10.9 Å². The molecule has 0 bridgehead atoms. The molecule has 4 heteroatoms. The van der Waals surface area contributed by atoms with Crippen LogP contribution in [0.25, 0.3) is 0 Å². The number of aliphatic hydroxyl groups is 1. The van der Waals surface area contributed by atoms with Crippen LogP contribution in [-0.2, 0) is 19.7 Å². The highest BCUT2D eigenvalue weighted by atomic mass is 35.5. The molecule has 17 heavy (non-hydrogen) atoms. The number of hydrogen-bond acceptors (Lipinski definition) is 3. The molecule has 0 aliphatic rings. The van der Waals surface area contributed by atoms with E-state index < -0.39 is 0 Å². The first kappa shape index (κ1) is 12.6. The molecular weight excluding hydrogens is 254 g/mol. The summed E-state index contributed by atoms with van der Waals surface area (Å²) in [6, 6.07) is 11.9. The minimum Gasteiger partial charge on any atom is -0.392 e. The van der Waals surface area contributed by atoms with Gasteiger partial charge in [-0.25, -0.2) is 0 Å². The Morgan fingerprint density at radius 1 is 1.00 bits per heavy atom. The summed E-state index contributed by atoms with van der Waals surface area (Å²) in [6.45, 7) is 1.75. The molecule has 1 aromatic heterocycles. The Kier molecular flexibility index (Phi) is 4.57. The molecule has 0 amide bonds. The fourth-order valence-corrected chi connectivity index (χ4v) is 2.60. The van der Waals surface area contributed by atoms with Crippen LogP contribution in [0.5, 0.6) is 0 Å². The zero-order valence-corrected chi connectivity index (χ0v) is 10.9. The van der Waals surface area contributed by atoms with Crippen LogP contribution in [0, 0.1) is 0 Å². The lowest BCUT2D eigenvalue weighted by Crippen LogP contribution is -2.11. The molecule has 1 aromatic carbocycles. The monoisotopic (exact) mass is 267 g/mol. The Bertz CT molecular complexity index is 467. The molecule has 2 N–H and O–H groups in total. The third kappa shape index (κ3) is 3.82. The van der Waals surface area contributed by atoms with Crippen LogP contribution in [0.1, 0.15) is 16.0 Å². The van der Waals surface area contributed by atoms with E-state index in [0.29, 0.717) is 0 Å². The molecule has 0 fully saturated rings. The van der Waals surface area contributed by atoms with Crippen LogP contribution in [0.4, 0.5) is 0 Å². The van der Waals surface area contributed by atoms with Gasteiger partial charge in [-0.3, -0.25) is 0 Å². The van der Waals surface area contributed by atoms with Gasteiger partial charge in [-0.15, -0.1) is 11.3 Å². The number of halogens is 1. The molecule has 0 aliphatic heterocycles. The summed E-state index contributed by atoms with van der Waals surface area (Å²) in [4.78, 5) is 1.24. The molecule has 0 spiro atoms. The summed E-state index contributed by atoms with van der Waals surface area (Å²) in [5, 5.41) is 12.3. The number of hydrogen-bond donors (Lipinski definition) is 2. The summed E-state index contributed by atoms with van der Waals surface area (Å²) in [5.41, 5.74) is 2.16. The standard InChI is InChI=1S/C13H14ClNOS/c14-13-6-5-12(17-13)8-15-7-10-1-3-11(9-16)4-2-10/h1-6,15-16H,7-9H2. The molecule has 2 rings (SSSR count). The quantitative estimate of drug-likeness (QED) is 0.872. The molecule has 1 heterocycles. The molecule has 0 aliphatic carbocycles. The van der Waals surface area contributed by atoms with E-state index in [2.05, 4.69) is 5.32 Å². The average Bonchev–Trinajstić information content (AvgIpc) is 2.76. The molecule has 0 unspecified atom stereocenters. The Morgan fingerprint density at radius 2 is 1.71 bits per heavy atom. The van der Waals surface area contributed by atoms with Crippen molar-refractivity contribution in [2.75, 3.05) is 0 Å². The van der Waals surface area contributed by atoms with Crippen molar-refractivity contribution in [3.8, 4) is 0 Å². The first-order valence-corrected chi connectivity index (χ1v) is 6.61. The summed E-state index contributed by atoms with van der Waals surface area (Å²) >= 11 is 7.46. The van der Waals surface area contributed by atoms with Crippen LogP contribution in [0.2, 0.25) is 4.34 Å². The van der Waals surface area contributed by atoms with Crippen molar-refractivity contribution in [1.82, 2.24) is 5.32 Å². The van der Waals surface area contributed by atoms with E-state index >= 15 is 0 Å². The average molecular weight is 268 g/mol. The molecule has 0 radical (unpaired) electrons. The molecule has 90 valence electrons. The van der Waals surface area contributed by atoms with Crippen molar-refractivity contribution in [2.24, 2.45) is 0 Å². The maximum absolute atomic E-state index is 8.93. The minimum absolute atomic E-state index is 0.0986. The maximum atomic E-state index is 8.93. The Hall–Kier alpha value is -0.870.